The molecule has 0 heterocycles. The van der Waals surface area contributed by atoms with Gasteiger partial charge < -0.3 is 14.8 Å². The summed E-state index contributed by atoms with van der Waals surface area (Å²) in [5, 5.41) is 3.35. The van der Waals surface area contributed by atoms with Crippen LogP contribution in [0, 0.1) is 0 Å². The molecule has 1 N–H and O–H groups in total. The van der Waals surface area contributed by atoms with Gasteiger partial charge in [-0.05, 0) is 50.2 Å². The average Bonchev–Trinajstić information content (AvgIpc) is 2.48. The first-order chi connectivity index (χ1) is 9.78. The Morgan fingerprint density at radius 1 is 0.950 bits per heavy atom. The smallest absolute Gasteiger partial charge is 0.119 e. The minimum atomic E-state index is 0.101. The van der Waals surface area contributed by atoms with Gasteiger partial charge in [-0.25, -0.2) is 0 Å². The molecule has 0 aliphatic rings. The quantitative estimate of drug-likeness (QED) is 0.826. The van der Waals surface area contributed by atoms with Crippen LogP contribution >= 0.6 is 0 Å². The van der Waals surface area contributed by atoms with E-state index in [1.165, 1.54) is 0 Å². The van der Waals surface area contributed by atoms with Gasteiger partial charge in [0, 0.05) is 5.69 Å². The van der Waals surface area contributed by atoms with Crippen molar-refractivity contribution in [2.24, 2.45) is 0 Å². The normalized spacial score (nSPS) is 11.7. The van der Waals surface area contributed by atoms with Crippen molar-refractivity contribution >= 4 is 5.69 Å². The molecule has 0 bridgehead atoms. The summed E-state index contributed by atoms with van der Waals surface area (Å²) in [5.41, 5.74) is 1.07. The van der Waals surface area contributed by atoms with E-state index in [1.54, 1.807) is 0 Å². The largest absolute Gasteiger partial charge is 0.494 e. The molecule has 106 valence electrons. The fourth-order valence-electron chi connectivity index (χ4n) is 1.87. The van der Waals surface area contributed by atoms with Gasteiger partial charge in [0.2, 0.25) is 0 Å². The fraction of sp³-hybridized carbons (Fsp3) is 0.294. The van der Waals surface area contributed by atoms with Crippen LogP contribution in [0.25, 0.3) is 0 Å². The van der Waals surface area contributed by atoms with Crippen LogP contribution in [0.5, 0.6) is 11.5 Å². The van der Waals surface area contributed by atoms with Crippen molar-refractivity contribution in [2.75, 3.05) is 18.5 Å². The average molecular weight is 271 g/mol. The van der Waals surface area contributed by atoms with E-state index in [4.69, 9.17) is 9.47 Å². The summed E-state index contributed by atoms with van der Waals surface area (Å²) in [6, 6.07) is 17.8. The second kappa shape index (κ2) is 7.43. The van der Waals surface area contributed by atoms with Crippen molar-refractivity contribution in [3.8, 4) is 11.5 Å². The van der Waals surface area contributed by atoms with Crippen LogP contribution < -0.4 is 14.8 Å². The lowest BCUT2D eigenvalue weighted by Crippen LogP contribution is -2.22. The molecule has 0 aromatic heterocycles. The molecule has 0 fully saturated rings. The van der Waals surface area contributed by atoms with Crippen LogP contribution in [0.3, 0.4) is 0 Å². The third-order valence-corrected chi connectivity index (χ3v) is 2.84. The van der Waals surface area contributed by atoms with Crippen LogP contribution in [0.2, 0.25) is 0 Å². The minimum Gasteiger partial charge on any atom is -0.494 e. The summed E-state index contributed by atoms with van der Waals surface area (Å²) in [5.74, 6) is 1.79. The molecule has 0 aliphatic heterocycles. The maximum absolute atomic E-state index is 5.81. The molecule has 1 atom stereocenters. The molecule has 0 saturated carbocycles. The number of ether oxygens (including phenoxy) is 2. The van der Waals surface area contributed by atoms with Crippen molar-refractivity contribution < 1.29 is 9.47 Å². The highest BCUT2D eigenvalue weighted by Crippen LogP contribution is 2.16. The number of para-hydroxylation sites is 1. The fourth-order valence-corrected chi connectivity index (χ4v) is 1.87. The van der Waals surface area contributed by atoms with Gasteiger partial charge in [0.05, 0.1) is 13.2 Å². The topological polar surface area (TPSA) is 30.5 Å². The molecule has 3 heteroatoms. The SMILES string of the molecule is CCOc1ccc(NCC(C)Oc2ccccc2)cc1. The molecule has 0 saturated heterocycles. The summed E-state index contributed by atoms with van der Waals surface area (Å²) in [7, 11) is 0. The van der Waals surface area contributed by atoms with E-state index in [-0.39, 0.29) is 6.10 Å². The van der Waals surface area contributed by atoms with Gasteiger partial charge in [-0.1, -0.05) is 18.2 Å². The first kappa shape index (κ1) is 14.3. The second-order valence-electron chi connectivity index (χ2n) is 4.58. The zero-order valence-electron chi connectivity index (χ0n) is 12.0. The molecule has 0 aliphatic carbocycles. The Hall–Kier alpha value is -2.16. The van der Waals surface area contributed by atoms with Crippen molar-refractivity contribution in [1.82, 2.24) is 0 Å². The van der Waals surface area contributed by atoms with Gasteiger partial charge in [-0.2, -0.15) is 0 Å². The number of hydrogen-bond acceptors (Lipinski definition) is 3. The summed E-state index contributed by atoms with van der Waals surface area (Å²) < 4.78 is 11.2. The molecule has 0 spiro atoms. The van der Waals surface area contributed by atoms with Crippen molar-refractivity contribution in [1.29, 1.82) is 0 Å². The molecule has 2 rings (SSSR count). The van der Waals surface area contributed by atoms with Crippen molar-refractivity contribution in [2.45, 2.75) is 20.0 Å². The summed E-state index contributed by atoms with van der Waals surface area (Å²) in [4.78, 5) is 0. The van der Waals surface area contributed by atoms with E-state index in [9.17, 15) is 0 Å². The van der Waals surface area contributed by atoms with E-state index >= 15 is 0 Å². The van der Waals surface area contributed by atoms with E-state index in [0.717, 1.165) is 23.7 Å². The van der Waals surface area contributed by atoms with Gasteiger partial charge in [-0.15, -0.1) is 0 Å². The van der Waals surface area contributed by atoms with Gasteiger partial charge in [0.1, 0.15) is 17.6 Å². The number of benzene rings is 2. The highest BCUT2D eigenvalue weighted by Gasteiger charge is 2.03. The molecular formula is C17H21NO2. The Labute approximate surface area is 120 Å². The molecule has 2 aromatic rings. The number of rotatable bonds is 7. The molecule has 20 heavy (non-hydrogen) atoms. The Morgan fingerprint density at radius 3 is 2.30 bits per heavy atom. The van der Waals surface area contributed by atoms with Gasteiger partial charge in [0.15, 0.2) is 0 Å². The molecule has 0 amide bonds. The summed E-state index contributed by atoms with van der Waals surface area (Å²) in [6.45, 7) is 5.47. The molecule has 2 aromatic carbocycles. The van der Waals surface area contributed by atoms with Gasteiger partial charge >= 0.3 is 0 Å². The highest BCUT2D eigenvalue weighted by molar-refractivity contribution is 5.46. The zero-order valence-corrected chi connectivity index (χ0v) is 12.0. The Morgan fingerprint density at radius 2 is 1.65 bits per heavy atom. The minimum absolute atomic E-state index is 0.101. The first-order valence-electron chi connectivity index (χ1n) is 6.96. The third-order valence-electron chi connectivity index (χ3n) is 2.84. The third kappa shape index (κ3) is 4.50. The molecule has 1 unspecified atom stereocenters. The van der Waals surface area contributed by atoms with E-state index in [0.29, 0.717) is 6.61 Å². The number of anilines is 1. The lowest BCUT2D eigenvalue weighted by Gasteiger charge is -2.16. The molecule has 0 radical (unpaired) electrons. The monoisotopic (exact) mass is 271 g/mol. The lowest BCUT2D eigenvalue weighted by molar-refractivity contribution is 0.235. The molecule has 3 nitrogen and oxygen atoms in total. The maximum atomic E-state index is 5.81. The van der Waals surface area contributed by atoms with E-state index < -0.39 is 0 Å². The predicted octanol–water partition coefficient (Wildman–Crippen LogP) is 3.96. The van der Waals surface area contributed by atoms with Gasteiger partial charge in [-0.3, -0.25) is 0 Å². The molecular weight excluding hydrogens is 250 g/mol. The standard InChI is InChI=1S/C17H21NO2/c1-3-19-16-11-9-15(10-12-16)18-13-14(2)20-17-7-5-4-6-8-17/h4-12,14,18H,3,13H2,1-2H3. The Kier molecular flexibility index (Phi) is 5.30. The number of nitrogens with one attached hydrogen (secondary N) is 1. The second-order valence-corrected chi connectivity index (χ2v) is 4.58. The predicted molar refractivity (Wildman–Crippen MR) is 82.6 cm³/mol. The van der Waals surface area contributed by atoms with Crippen LogP contribution in [0.1, 0.15) is 13.8 Å². The van der Waals surface area contributed by atoms with E-state index in [1.807, 2.05) is 61.5 Å². The van der Waals surface area contributed by atoms with E-state index in [2.05, 4.69) is 12.2 Å². The highest BCUT2D eigenvalue weighted by atomic mass is 16.5. The lowest BCUT2D eigenvalue weighted by atomic mass is 10.3. The zero-order chi connectivity index (χ0) is 14.2. The number of hydrogen-bond donors (Lipinski definition) is 1. The van der Waals surface area contributed by atoms with Crippen LogP contribution in [0.15, 0.2) is 54.6 Å². The van der Waals surface area contributed by atoms with Crippen LogP contribution in [0.4, 0.5) is 5.69 Å². The Balaban J connectivity index is 1.79. The Bertz CT molecular complexity index is 496. The summed E-state index contributed by atoms with van der Waals surface area (Å²) >= 11 is 0. The maximum Gasteiger partial charge on any atom is 0.119 e. The summed E-state index contributed by atoms with van der Waals surface area (Å²) in [6.07, 6.45) is 0.101. The first-order valence-corrected chi connectivity index (χ1v) is 6.96. The van der Waals surface area contributed by atoms with Gasteiger partial charge in [0.25, 0.3) is 0 Å². The van der Waals surface area contributed by atoms with Crippen LogP contribution in [-0.4, -0.2) is 19.3 Å². The van der Waals surface area contributed by atoms with Crippen molar-refractivity contribution in [3.63, 3.8) is 0 Å². The van der Waals surface area contributed by atoms with Crippen LogP contribution in [-0.2, 0) is 0 Å². The van der Waals surface area contributed by atoms with Crippen molar-refractivity contribution in [3.05, 3.63) is 54.6 Å².